The van der Waals surface area contributed by atoms with Crippen molar-refractivity contribution in [3.05, 3.63) is 64.3 Å². The number of fused-ring (bicyclic) bond motifs is 4. The highest BCUT2D eigenvalue weighted by Gasteiger charge is 2.48. The van der Waals surface area contributed by atoms with Crippen LogP contribution in [0.1, 0.15) is 35.7 Å². The third-order valence-corrected chi connectivity index (χ3v) is 7.70. The van der Waals surface area contributed by atoms with Crippen LogP contribution < -0.4 is 0 Å². The first-order valence-electron chi connectivity index (χ1n) is 11.9. The molecule has 0 bridgehead atoms. The molecule has 2 N–H and O–H groups in total. The number of aromatic amines is 1. The van der Waals surface area contributed by atoms with Crippen molar-refractivity contribution in [3.63, 3.8) is 0 Å². The SMILES string of the molecule is O=C1[C@H]2Cc3c([nH]c4ccc(Cl)cc34)[C@@H](c3cccc(O)c3)N2C(=O)CN1CCN1CCCC1. The molecule has 0 saturated carbocycles. The second-order valence-corrected chi connectivity index (χ2v) is 9.97. The standard InChI is InChI=1S/C26H27ClN4O3/c27-17-6-7-21-19(13-17)20-14-22-26(34)30(11-10-29-8-1-2-9-29)15-23(33)31(22)25(24(20)28-21)16-4-3-5-18(32)12-16/h3-7,12-13,22,25,28,32H,1-2,8-11,14-15H2/t22-,25-/m1/s1. The molecule has 7 nitrogen and oxygen atoms in total. The van der Waals surface area contributed by atoms with E-state index in [1.165, 1.54) is 12.8 Å². The van der Waals surface area contributed by atoms with Crippen molar-refractivity contribution >= 4 is 34.3 Å². The van der Waals surface area contributed by atoms with Crippen LogP contribution in [0, 0.1) is 0 Å². The number of aromatic hydroxyl groups is 1. The number of H-pyrrole nitrogens is 1. The summed E-state index contributed by atoms with van der Waals surface area (Å²) in [6, 6.07) is 11.6. The van der Waals surface area contributed by atoms with Crippen molar-refractivity contribution in [2.75, 3.05) is 32.7 Å². The Morgan fingerprint density at radius 2 is 1.88 bits per heavy atom. The molecule has 0 unspecified atom stereocenters. The lowest BCUT2D eigenvalue weighted by Gasteiger charge is -2.47. The Morgan fingerprint density at radius 1 is 1.06 bits per heavy atom. The minimum atomic E-state index is -0.586. The van der Waals surface area contributed by atoms with Gasteiger partial charge in [0.1, 0.15) is 11.8 Å². The van der Waals surface area contributed by atoms with Gasteiger partial charge in [-0.1, -0.05) is 23.7 Å². The highest BCUT2D eigenvalue weighted by atomic mass is 35.5. The molecule has 2 saturated heterocycles. The molecule has 34 heavy (non-hydrogen) atoms. The van der Waals surface area contributed by atoms with Crippen molar-refractivity contribution in [1.29, 1.82) is 0 Å². The summed E-state index contributed by atoms with van der Waals surface area (Å²) in [7, 11) is 0. The minimum Gasteiger partial charge on any atom is -0.508 e. The number of piperazine rings is 1. The molecule has 2 fully saturated rings. The lowest BCUT2D eigenvalue weighted by molar-refractivity contribution is -0.158. The highest BCUT2D eigenvalue weighted by molar-refractivity contribution is 6.31. The smallest absolute Gasteiger partial charge is 0.246 e. The van der Waals surface area contributed by atoms with Crippen molar-refractivity contribution in [2.45, 2.75) is 31.3 Å². The van der Waals surface area contributed by atoms with Crippen molar-refractivity contribution in [3.8, 4) is 5.75 Å². The minimum absolute atomic E-state index is 0.00835. The summed E-state index contributed by atoms with van der Waals surface area (Å²) in [6.45, 7) is 3.57. The molecule has 2 aromatic carbocycles. The summed E-state index contributed by atoms with van der Waals surface area (Å²) in [4.78, 5) is 36.6. The topological polar surface area (TPSA) is 79.9 Å². The van der Waals surface area contributed by atoms with Gasteiger partial charge in [0.25, 0.3) is 0 Å². The molecule has 2 amide bonds. The average Bonchev–Trinajstić information content (AvgIpc) is 3.47. The van der Waals surface area contributed by atoms with Crippen LogP contribution in [0.4, 0.5) is 0 Å². The van der Waals surface area contributed by atoms with E-state index in [0.717, 1.165) is 47.4 Å². The largest absolute Gasteiger partial charge is 0.508 e. The van der Waals surface area contributed by atoms with Crippen LogP contribution in [0.5, 0.6) is 5.75 Å². The predicted molar refractivity (Wildman–Crippen MR) is 130 cm³/mol. The molecule has 8 heteroatoms. The lowest BCUT2D eigenvalue weighted by Crippen LogP contribution is -2.63. The zero-order valence-electron chi connectivity index (χ0n) is 18.8. The molecule has 3 aliphatic heterocycles. The average molecular weight is 479 g/mol. The number of phenolic OH excluding ortho intramolecular Hbond substituents is 1. The van der Waals surface area contributed by atoms with Gasteiger partial charge in [0, 0.05) is 41.1 Å². The van der Waals surface area contributed by atoms with Crippen LogP contribution in [0.25, 0.3) is 10.9 Å². The Morgan fingerprint density at radius 3 is 2.68 bits per heavy atom. The van der Waals surface area contributed by atoms with E-state index in [1.807, 2.05) is 24.3 Å². The zero-order valence-corrected chi connectivity index (χ0v) is 19.6. The van der Waals surface area contributed by atoms with E-state index in [9.17, 15) is 14.7 Å². The van der Waals surface area contributed by atoms with Gasteiger partial charge < -0.3 is 24.8 Å². The molecule has 6 rings (SSSR count). The number of nitrogens with zero attached hydrogens (tertiary/aromatic N) is 3. The lowest BCUT2D eigenvalue weighted by atomic mass is 9.86. The Balaban J connectivity index is 1.42. The van der Waals surface area contributed by atoms with Crippen molar-refractivity contribution in [1.82, 2.24) is 19.7 Å². The number of aromatic nitrogens is 1. The molecule has 0 radical (unpaired) electrons. The normalized spacial score (nSPS) is 23.0. The van der Waals surface area contributed by atoms with Crippen LogP contribution in [0.2, 0.25) is 5.02 Å². The number of hydrogen-bond acceptors (Lipinski definition) is 4. The summed E-state index contributed by atoms with van der Waals surface area (Å²) in [5, 5.41) is 11.8. The number of benzene rings is 2. The number of rotatable bonds is 4. The number of phenols is 1. The monoisotopic (exact) mass is 478 g/mol. The van der Waals surface area contributed by atoms with Crippen LogP contribution in [0.3, 0.4) is 0 Å². The van der Waals surface area contributed by atoms with Crippen molar-refractivity contribution < 1.29 is 14.7 Å². The number of hydrogen-bond donors (Lipinski definition) is 2. The van der Waals surface area contributed by atoms with E-state index in [-0.39, 0.29) is 24.1 Å². The number of likely N-dealkylation sites (tertiary alicyclic amines) is 1. The molecular formula is C26H27ClN4O3. The van der Waals surface area contributed by atoms with E-state index in [1.54, 1.807) is 28.0 Å². The summed E-state index contributed by atoms with van der Waals surface area (Å²) in [6.07, 6.45) is 2.83. The number of carbonyl (C=O) groups excluding carboxylic acids is 2. The number of carbonyl (C=O) groups is 2. The number of nitrogens with one attached hydrogen (secondary N) is 1. The fourth-order valence-electron chi connectivity index (χ4n) is 5.84. The highest BCUT2D eigenvalue weighted by Crippen LogP contribution is 2.43. The Hall–Kier alpha value is -3.03. The van der Waals surface area contributed by atoms with Gasteiger partial charge in [-0.05, 0) is 67.4 Å². The Bertz CT molecular complexity index is 1280. The molecule has 0 aliphatic carbocycles. The van der Waals surface area contributed by atoms with Gasteiger partial charge in [-0.25, -0.2) is 0 Å². The van der Waals surface area contributed by atoms with E-state index < -0.39 is 12.1 Å². The fraction of sp³-hybridized carbons (Fsp3) is 0.385. The Kier molecular flexibility index (Phi) is 5.26. The first-order valence-corrected chi connectivity index (χ1v) is 12.3. The van der Waals surface area contributed by atoms with Gasteiger partial charge in [-0.15, -0.1) is 0 Å². The maximum atomic E-state index is 13.7. The van der Waals surface area contributed by atoms with E-state index in [0.29, 0.717) is 18.0 Å². The van der Waals surface area contributed by atoms with Gasteiger partial charge >= 0.3 is 0 Å². The summed E-state index contributed by atoms with van der Waals surface area (Å²) >= 11 is 6.32. The van der Waals surface area contributed by atoms with E-state index in [4.69, 9.17) is 11.6 Å². The van der Waals surface area contributed by atoms with Gasteiger partial charge in [-0.3, -0.25) is 9.59 Å². The summed E-state index contributed by atoms with van der Waals surface area (Å²) in [5.74, 6) is 0.0519. The van der Waals surface area contributed by atoms with Gasteiger partial charge in [-0.2, -0.15) is 0 Å². The molecule has 4 heterocycles. The second-order valence-electron chi connectivity index (χ2n) is 9.53. The number of amides is 2. The van der Waals surface area contributed by atoms with Crippen LogP contribution >= 0.6 is 11.6 Å². The third-order valence-electron chi connectivity index (χ3n) is 7.47. The molecule has 3 aliphatic rings. The number of halogens is 1. The molecule has 176 valence electrons. The predicted octanol–water partition coefficient (Wildman–Crippen LogP) is 3.31. The second kappa shape index (κ2) is 8.32. The van der Waals surface area contributed by atoms with Crippen molar-refractivity contribution in [2.24, 2.45) is 0 Å². The first-order chi connectivity index (χ1) is 16.5. The maximum absolute atomic E-state index is 13.7. The zero-order chi connectivity index (χ0) is 23.4. The summed E-state index contributed by atoms with van der Waals surface area (Å²) in [5.41, 5.74) is 3.58. The molecular weight excluding hydrogens is 452 g/mol. The van der Waals surface area contributed by atoms with Crippen LogP contribution in [-0.4, -0.2) is 75.4 Å². The maximum Gasteiger partial charge on any atom is 0.246 e. The summed E-state index contributed by atoms with van der Waals surface area (Å²) < 4.78 is 0. The van der Waals surface area contributed by atoms with Gasteiger partial charge in [0.2, 0.25) is 11.8 Å². The van der Waals surface area contributed by atoms with E-state index >= 15 is 0 Å². The van der Waals surface area contributed by atoms with Crippen LogP contribution in [-0.2, 0) is 16.0 Å². The molecule has 3 aromatic rings. The molecule has 1 aromatic heterocycles. The molecule has 0 spiro atoms. The first kappa shape index (κ1) is 21.5. The van der Waals surface area contributed by atoms with Crippen LogP contribution in [0.15, 0.2) is 42.5 Å². The Labute approximate surface area is 202 Å². The quantitative estimate of drug-likeness (QED) is 0.603. The molecule has 2 atom stereocenters. The van der Waals surface area contributed by atoms with E-state index in [2.05, 4.69) is 9.88 Å². The van der Waals surface area contributed by atoms with Gasteiger partial charge in [0.15, 0.2) is 0 Å². The van der Waals surface area contributed by atoms with Gasteiger partial charge in [0.05, 0.1) is 12.6 Å². The third kappa shape index (κ3) is 3.54. The fourth-order valence-corrected chi connectivity index (χ4v) is 6.01.